The lowest BCUT2D eigenvalue weighted by Crippen LogP contribution is -2.51. The van der Waals surface area contributed by atoms with Crippen molar-refractivity contribution in [1.82, 2.24) is 9.80 Å². The lowest BCUT2D eigenvalue weighted by molar-refractivity contribution is -0.137. The highest BCUT2D eigenvalue weighted by atomic mass is 19.1. The van der Waals surface area contributed by atoms with Crippen LogP contribution in [0.1, 0.15) is 18.0 Å². The standard InChI is InChI=1S/C23H23FN4O2/c24-19-8-6-17(7-9-19)21(15-25)26-10-12-27(13-11-26)23(30)18-14-22(29)28(16-18)20-4-2-1-3-5-20/h1-9,18,21H,10-14,16H2/t18-,21-/m1/s1. The molecule has 2 atom stereocenters. The molecule has 0 aliphatic carbocycles. The van der Waals surface area contributed by atoms with Gasteiger partial charge in [0.15, 0.2) is 0 Å². The molecule has 0 saturated carbocycles. The first-order valence-electron chi connectivity index (χ1n) is 10.1. The van der Waals surface area contributed by atoms with E-state index in [0.29, 0.717) is 32.7 Å². The molecule has 2 aliphatic rings. The molecule has 2 aromatic carbocycles. The molecule has 2 aromatic rings. The second kappa shape index (κ2) is 8.64. The number of para-hydroxylation sites is 1. The van der Waals surface area contributed by atoms with Gasteiger partial charge in [-0.05, 0) is 29.8 Å². The van der Waals surface area contributed by atoms with Crippen LogP contribution in [0.2, 0.25) is 0 Å². The zero-order valence-electron chi connectivity index (χ0n) is 16.6. The first-order chi connectivity index (χ1) is 14.6. The van der Waals surface area contributed by atoms with Crippen molar-refractivity contribution in [3.63, 3.8) is 0 Å². The Hall–Kier alpha value is -3.24. The van der Waals surface area contributed by atoms with E-state index in [1.54, 1.807) is 21.9 Å². The predicted molar refractivity (Wildman–Crippen MR) is 110 cm³/mol. The van der Waals surface area contributed by atoms with Crippen LogP contribution >= 0.6 is 0 Å². The lowest BCUT2D eigenvalue weighted by atomic mass is 10.0. The SMILES string of the molecule is N#C[C@H](c1ccc(F)cc1)N1CCN(C(=O)[C@@H]2CC(=O)N(c3ccccc3)C2)CC1. The predicted octanol–water partition coefficient (Wildman–Crippen LogP) is 2.59. The van der Waals surface area contributed by atoms with Gasteiger partial charge in [-0.2, -0.15) is 5.26 Å². The van der Waals surface area contributed by atoms with E-state index in [-0.39, 0.29) is 30.0 Å². The van der Waals surface area contributed by atoms with Crippen molar-refractivity contribution in [2.75, 3.05) is 37.6 Å². The number of amides is 2. The molecule has 2 heterocycles. The van der Waals surface area contributed by atoms with Gasteiger partial charge in [0, 0.05) is 44.8 Å². The van der Waals surface area contributed by atoms with Gasteiger partial charge in [0.25, 0.3) is 0 Å². The van der Waals surface area contributed by atoms with Gasteiger partial charge >= 0.3 is 0 Å². The Morgan fingerprint density at radius 3 is 2.33 bits per heavy atom. The van der Waals surface area contributed by atoms with Crippen LogP contribution < -0.4 is 4.90 Å². The second-order valence-corrected chi connectivity index (χ2v) is 7.69. The molecule has 0 bridgehead atoms. The fourth-order valence-electron chi connectivity index (χ4n) is 4.20. The maximum atomic E-state index is 13.2. The van der Waals surface area contributed by atoms with Crippen LogP contribution in [0.4, 0.5) is 10.1 Å². The molecule has 0 spiro atoms. The zero-order valence-corrected chi connectivity index (χ0v) is 16.6. The maximum absolute atomic E-state index is 13.2. The monoisotopic (exact) mass is 406 g/mol. The molecule has 2 fully saturated rings. The average molecular weight is 406 g/mol. The molecule has 0 unspecified atom stereocenters. The highest BCUT2D eigenvalue weighted by molar-refractivity contribution is 6.00. The summed E-state index contributed by atoms with van der Waals surface area (Å²) in [6, 6.07) is 17.2. The largest absolute Gasteiger partial charge is 0.340 e. The smallest absolute Gasteiger partial charge is 0.228 e. The summed E-state index contributed by atoms with van der Waals surface area (Å²) in [6.45, 7) is 2.54. The Kier molecular flexibility index (Phi) is 5.77. The van der Waals surface area contributed by atoms with E-state index in [4.69, 9.17) is 0 Å². The van der Waals surface area contributed by atoms with Crippen LogP contribution in [0.25, 0.3) is 0 Å². The van der Waals surface area contributed by atoms with E-state index in [9.17, 15) is 19.2 Å². The van der Waals surface area contributed by atoms with Gasteiger partial charge in [-0.3, -0.25) is 14.5 Å². The minimum absolute atomic E-state index is 0.00304. The summed E-state index contributed by atoms with van der Waals surface area (Å²) < 4.78 is 13.2. The van der Waals surface area contributed by atoms with Crippen LogP contribution in [0, 0.1) is 23.1 Å². The molecule has 6 nitrogen and oxygen atoms in total. The molecule has 0 aromatic heterocycles. The molecule has 0 N–H and O–H groups in total. The number of rotatable bonds is 4. The number of carbonyl (C=O) groups excluding carboxylic acids is 2. The van der Waals surface area contributed by atoms with Gasteiger partial charge in [-0.1, -0.05) is 30.3 Å². The molecule has 4 rings (SSSR count). The third-order valence-corrected chi connectivity index (χ3v) is 5.84. The number of carbonyl (C=O) groups is 2. The van der Waals surface area contributed by atoms with Crippen LogP contribution in [0.5, 0.6) is 0 Å². The summed E-state index contributed by atoms with van der Waals surface area (Å²) in [4.78, 5) is 30.9. The number of nitrogens with zero attached hydrogens (tertiary/aromatic N) is 4. The van der Waals surface area contributed by atoms with Crippen molar-refractivity contribution in [2.24, 2.45) is 5.92 Å². The van der Waals surface area contributed by atoms with Crippen molar-refractivity contribution in [2.45, 2.75) is 12.5 Å². The third kappa shape index (κ3) is 4.05. The number of nitriles is 1. The van der Waals surface area contributed by atoms with Crippen molar-refractivity contribution in [1.29, 1.82) is 5.26 Å². The number of hydrogen-bond acceptors (Lipinski definition) is 4. The summed E-state index contributed by atoms with van der Waals surface area (Å²) in [6.07, 6.45) is 0.227. The Morgan fingerprint density at radius 1 is 1.03 bits per heavy atom. The minimum Gasteiger partial charge on any atom is -0.340 e. The number of benzene rings is 2. The fourth-order valence-corrected chi connectivity index (χ4v) is 4.20. The van der Waals surface area contributed by atoms with Crippen molar-refractivity contribution >= 4 is 17.5 Å². The number of anilines is 1. The summed E-state index contributed by atoms with van der Waals surface area (Å²) in [5.74, 6) is -0.703. The van der Waals surface area contributed by atoms with Gasteiger partial charge in [-0.15, -0.1) is 0 Å². The first-order valence-corrected chi connectivity index (χ1v) is 10.1. The quantitative estimate of drug-likeness (QED) is 0.783. The summed E-state index contributed by atoms with van der Waals surface area (Å²) in [5.41, 5.74) is 1.57. The second-order valence-electron chi connectivity index (χ2n) is 7.69. The van der Waals surface area contributed by atoms with Gasteiger partial charge in [-0.25, -0.2) is 4.39 Å². The van der Waals surface area contributed by atoms with Crippen LogP contribution in [-0.2, 0) is 9.59 Å². The summed E-state index contributed by atoms with van der Waals surface area (Å²) >= 11 is 0. The van der Waals surface area contributed by atoms with E-state index < -0.39 is 6.04 Å². The molecule has 7 heteroatoms. The van der Waals surface area contributed by atoms with Crippen molar-refractivity contribution in [3.05, 3.63) is 66.0 Å². The van der Waals surface area contributed by atoms with Gasteiger partial charge in [0.2, 0.25) is 11.8 Å². The third-order valence-electron chi connectivity index (χ3n) is 5.84. The Bertz CT molecular complexity index is 949. The van der Waals surface area contributed by atoms with E-state index >= 15 is 0 Å². The van der Waals surface area contributed by atoms with E-state index in [0.717, 1.165) is 11.3 Å². The Labute approximate surface area is 175 Å². The molecule has 30 heavy (non-hydrogen) atoms. The zero-order chi connectivity index (χ0) is 21.1. The van der Waals surface area contributed by atoms with Gasteiger partial charge in [0.05, 0.1) is 12.0 Å². The Balaban J connectivity index is 1.36. The van der Waals surface area contributed by atoms with E-state index in [1.165, 1.54) is 12.1 Å². The molecule has 0 radical (unpaired) electrons. The fraction of sp³-hybridized carbons (Fsp3) is 0.348. The maximum Gasteiger partial charge on any atom is 0.228 e. The molecular weight excluding hydrogens is 383 g/mol. The molecule has 2 aliphatic heterocycles. The van der Waals surface area contributed by atoms with Crippen LogP contribution in [0.3, 0.4) is 0 Å². The molecule has 2 saturated heterocycles. The normalized spacial score (nSPS) is 20.8. The molecule has 154 valence electrons. The first kappa shape index (κ1) is 20.0. The molecule has 2 amide bonds. The number of hydrogen-bond donors (Lipinski definition) is 0. The minimum atomic E-state index is -0.468. The van der Waals surface area contributed by atoms with Gasteiger partial charge in [0.1, 0.15) is 11.9 Å². The van der Waals surface area contributed by atoms with Crippen LogP contribution in [-0.4, -0.2) is 54.3 Å². The number of piperazine rings is 1. The highest BCUT2D eigenvalue weighted by Gasteiger charge is 2.38. The average Bonchev–Trinajstić information content (AvgIpc) is 3.18. The Morgan fingerprint density at radius 2 is 1.70 bits per heavy atom. The topological polar surface area (TPSA) is 67.6 Å². The number of halogens is 1. The summed E-state index contributed by atoms with van der Waals surface area (Å²) in [7, 11) is 0. The summed E-state index contributed by atoms with van der Waals surface area (Å²) in [5, 5.41) is 9.61. The van der Waals surface area contributed by atoms with E-state index in [2.05, 4.69) is 6.07 Å². The van der Waals surface area contributed by atoms with Crippen LogP contribution in [0.15, 0.2) is 54.6 Å². The van der Waals surface area contributed by atoms with Crippen molar-refractivity contribution in [3.8, 4) is 6.07 Å². The van der Waals surface area contributed by atoms with Gasteiger partial charge < -0.3 is 9.80 Å². The lowest BCUT2D eigenvalue weighted by Gasteiger charge is -2.37. The molecular formula is C23H23FN4O2. The van der Waals surface area contributed by atoms with Crippen molar-refractivity contribution < 1.29 is 14.0 Å². The van der Waals surface area contributed by atoms with E-state index in [1.807, 2.05) is 35.2 Å². The highest BCUT2D eigenvalue weighted by Crippen LogP contribution is 2.27.